The highest BCUT2D eigenvalue weighted by Gasteiger charge is 2.25. The molecule has 0 saturated carbocycles. The van der Waals surface area contributed by atoms with E-state index in [9.17, 15) is 15.2 Å². The van der Waals surface area contributed by atoms with Crippen LogP contribution in [-0.2, 0) is 17.6 Å². The molecule has 1 aliphatic rings. The standard InChI is InChI=1S/C21H19N3O3S/c1-12(27-21(26)15-11-28-18-9-5-2-6-13(15)18)19(25)14(10-22)20-23-16-7-3-4-8-17(16)24-20/h3-4,7-8,11-12,25H,2,5-6,9H2,1H3,(H,23,24)/b19-14-/t12-/m0/s1. The minimum atomic E-state index is -0.963. The number of ether oxygens (including phenoxy) is 1. The van der Waals surface area contributed by atoms with Gasteiger partial charge in [-0.1, -0.05) is 12.1 Å². The molecular formula is C21H19N3O3S. The molecule has 0 aliphatic heterocycles. The fourth-order valence-corrected chi connectivity index (χ4v) is 4.57. The molecular weight excluding hydrogens is 374 g/mol. The van der Waals surface area contributed by atoms with Crippen molar-refractivity contribution in [3.8, 4) is 6.07 Å². The smallest absolute Gasteiger partial charge is 0.339 e. The Morgan fingerprint density at radius 3 is 2.93 bits per heavy atom. The summed E-state index contributed by atoms with van der Waals surface area (Å²) in [6, 6.07) is 9.30. The Balaban J connectivity index is 1.59. The Morgan fingerprint density at radius 1 is 1.36 bits per heavy atom. The molecule has 4 rings (SSSR count). The fourth-order valence-electron chi connectivity index (χ4n) is 3.45. The predicted octanol–water partition coefficient (Wildman–Crippen LogP) is 4.54. The molecule has 2 aromatic heterocycles. The van der Waals surface area contributed by atoms with E-state index < -0.39 is 12.1 Å². The molecule has 1 aromatic carbocycles. The van der Waals surface area contributed by atoms with Crippen LogP contribution in [0.3, 0.4) is 0 Å². The van der Waals surface area contributed by atoms with Crippen LogP contribution in [0.4, 0.5) is 0 Å². The van der Waals surface area contributed by atoms with Crippen molar-refractivity contribution in [1.29, 1.82) is 5.26 Å². The van der Waals surface area contributed by atoms with Crippen LogP contribution in [0.5, 0.6) is 0 Å². The van der Waals surface area contributed by atoms with E-state index in [1.54, 1.807) is 18.3 Å². The topological polar surface area (TPSA) is 99.0 Å². The first-order chi connectivity index (χ1) is 13.6. The van der Waals surface area contributed by atoms with E-state index in [0.717, 1.165) is 36.8 Å². The predicted molar refractivity (Wildman–Crippen MR) is 107 cm³/mol. The van der Waals surface area contributed by atoms with E-state index in [2.05, 4.69) is 9.97 Å². The molecule has 2 heterocycles. The van der Waals surface area contributed by atoms with Crippen LogP contribution in [0.15, 0.2) is 35.4 Å². The molecule has 0 spiro atoms. The summed E-state index contributed by atoms with van der Waals surface area (Å²) >= 11 is 1.58. The van der Waals surface area contributed by atoms with Gasteiger partial charge in [0.15, 0.2) is 17.7 Å². The maximum atomic E-state index is 12.6. The van der Waals surface area contributed by atoms with Gasteiger partial charge in [0.1, 0.15) is 11.6 Å². The summed E-state index contributed by atoms with van der Waals surface area (Å²) in [5.74, 6) is -0.545. The lowest BCUT2D eigenvalue weighted by molar-refractivity contribution is 0.0333. The van der Waals surface area contributed by atoms with Crippen LogP contribution >= 0.6 is 11.3 Å². The lowest BCUT2D eigenvalue weighted by atomic mass is 9.96. The number of esters is 1. The van der Waals surface area contributed by atoms with Crippen molar-refractivity contribution >= 4 is 33.9 Å². The molecule has 6 nitrogen and oxygen atoms in total. The van der Waals surface area contributed by atoms with Gasteiger partial charge < -0.3 is 14.8 Å². The zero-order valence-electron chi connectivity index (χ0n) is 15.4. The molecule has 28 heavy (non-hydrogen) atoms. The van der Waals surface area contributed by atoms with E-state index in [0.29, 0.717) is 11.1 Å². The third kappa shape index (κ3) is 3.27. The molecule has 1 atom stereocenters. The number of nitriles is 1. The first kappa shape index (κ1) is 18.3. The molecule has 7 heteroatoms. The average molecular weight is 393 g/mol. The van der Waals surface area contributed by atoms with Crippen LogP contribution in [0, 0.1) is 11.3 Å². The Hall–Kier alpha value is -3.11. The number of aliphatic hydroxyl groups is 1. The van der Waals surface area contributed by atoms with Crippen LogP contribution < -0.4 is 0 Å². The van der Waals surface area contributed by atoms with Crippen LogP contribution in [0.25, 0.3) is 16.6 Å². The third-order valence-electron chi connectivity index (χ3n) is 4.94. The molecule has 0 bridgehead atoms. The quantitative estimate of drug-likeness (QED) is 0.385. The number of thiophene rings is 1. The van der Waals surface area contributed by atoms with E-state index in [-0.39, 0.29) is 17.2 Å². The van der Waals surface area contributed by atoms with Gasteiger partial charge >= 0.3 is 5.97 Å². The summed E-state index contributed by atoms with van der Waals surface area (Å²) in [4.78, 5) is 21.2. The number of aryl methyl sites for hydroxylation is 1. The van der Waals surface area contributed by atoms with Gasteiger partial charge in [0.05, 0.1) is 16.6 Å². The molecule has 3 aromatic rings. The van der Waals surface area contributed by atoms with Crippen LogP contribution in [0.1, 0.15) is 46.4 Å². The van der Waals surface area contributed by atoms with Crippen LogP contribution in [-0.4, -0.2) is 27.1 Å². The molecule has 0 unspecified atom stereocenters. The zero-order valence-corrected chi connectivity index (χ0v) is 16.2. The minimum absolute atomic E-state index is 0.0381. The number of hydrogen-bond acceptors (Lipinski definition) is 6. The number of imidazole rings is 1. The van der Waals surface area contributed by atoms with Crippen molar-refractivity contribution in [1.82, 2.24) is 9.97 Å². The van der Waals surface area contributed by atoms with Crippen molar-refractivity contribution in [3.05, 3.63) is 57.2 Å². The molecule has 0 amide bonds. The molecule has 0 saturated heterocycles. The first-order valence-corrected chi connectivity index (χ1v) is 10.0. The number of benzene rings is 1. The number of nitrogens with one attached hydrogen (secondary N) is 1. The summed E-state index contributed by atoms with van der Waals surface area (Å²) in [7, 11) is 0. The first-order valence-electron chi connectivity index (χ1n) is 9.17. The average Bonchev–Trinajstić information content (AvgIpc) is 3.32. The second kappa shape index (κ2) is 7.49. The maximum Gasteiger partial charge on any atom is 0.339 e. The number of carbonyl (C=O) groups is 1. The Labute approximate surface area is 166 Å². The van der Waals surface area contributed by atoms with Gasteiger partial charge in [0.25, 0.3) is 0 Å². The number of aromatic amines is 1. The van der Waals surface area contributed by atoms with Crippen molar-refractivity contribution in [2.45, 2.75) is 38.7 Å². The number of allylic oxidation sites excluding steroid dienone is 1. The van der Waals surface area contributed by atoms with E-state index in [1.165, 1.54) is 4.88 Å². The van der Waals surface area contributed by atoms with Gasteiger partial charge in [-0.25, -0.2) is 9.78 Å². The number of carbonyl (C=O) groups excluding carboxylic acids is 1. The van der Waals surface area contributed by atoms with Crippen molar-refractivity contribution in [2.24, 2.45) is 0 Å². The number of fused-ring (bicyclic) bond motifs is 2. The lowest BCUT2D eigenvalue weighted by Crippen LogP contribution is -2.19. The Kier molecular flexibility index (Phi) is 4.88. The number of para-hydroxylation sites is 2. The van der Waals surface area contributed by atoms with Gasteiger partial charge in [-0.2, -0.15) is 5.26 Å². The van der Waals surface area contributed by atoms with E-state index >= 15 is 0 Å². The van der Waals surface area contributed by atoms with Crippen molar-refractivity contribution in [2.75, 3.05) is 0 Å². The number of aliphatic hydroxyl groups excluding tert-OH is 1. The third-order valence-corrected chi connectivity index (χ3v) is 6.03. The van der Waals surface area contributed by atoms with Gasteiger partial charge in [-0.3, -0.25) is 0 Å². The van der Waals surface area contributed by atoms with E-state index in [1.807, 2.05) is 35.7 Å². The maximum absolute atomic E-state index is 12.6. The lowest BCUT2D eigenvalue weighted by Gasteiger charge is -2.15. The highest BCUT2D eigenvalue weighted by Crippen LogP contribution is 2.31. The summed E-state index contributed by atoms with van der Waals surface area (Å²) < 4.78 is 5.47. The monoisotopic (exact) mass is 393 g/mol. The Morgan fingerprint density at radius 2 is 2.14 bits per heavy atom. The summed E-state index contributed by atoms with van der Waals surface area (Å²) in [5, 5.41) is 21.9. The minimum Gasteiger partial charge on any atom is -0.507 e. The molecule has 142 valence electrons. The summed E-state index contributed by atoms with van der Waals surface area (Å²) in [5.41, 5.74) is 3.04. The largest absolute Gasteiger partial charge is 0.507 e. The van der Waals surface area contributed by atoms with Gasteiger partial charge in [-0.05, 0) is 50.3 Å². The molecule has 1 aliphatic carbocycles. The van der Waals surface area contributed by atoms with Gasteiger partial charge in [0.2, 0.25) is 0 Å². The normalized spacial score (nSPS) is 15.4. The summed E-state index contributed by atoms with van der Waals surface area (Å²) in [6.45, 7) is 1.55. The van der Waals surface area contributed by atoms with Gasteiger partial charge in [0, 0.05) is 10.3 Å². The van der Waals surface area contributed by atoms with Crippen molar-refractivity contribution in [3.63, 3.8) is 0 Å². The molecule has 2 N–H and O–H groups in total. The highest BCUT2D eigenvalue weighted by molar-refractivity contribution is 7.10. The second-order valence-corrected chi connectivity index (χ2v) is 7.74. The Bertz CT molecular complexity index is 1090. The number of H-pyrrole nitrogens is 1. The number of hydrogen-bond donors (Lipinski definition) is 2. The number of aromatic nitrogens is 2. The zero-order chi connectivity index (χ0) is 19.7. The molecule has 0 radical (unpaired) electrons. The SMILES string of the molecule is C[C@H](OC(=O)c1csc2c1CCCC2)/C(O)=C(\C#N)c1nc2ccccc2[nH]1. The van der Waals surface area contributed by atoms with E-state index in [4.69, 9.17) is 4.74 Å². The van der Waals surface area contributed by atoms with Crippen LogP contribution in [0.2, 0.25) is 0 Å². The van der Waals surface area contributed by atoms with Gasteiger partial charge in [-0.15, -0.1) is 11.3 Å². The second-order valence-electron chi connectivity index (χ2n) is 6.78. The molecule has 0 fully saturated rings. The number of rotatable bonds is 4. The summed E-state index contributed by atoms with van der Waals surface area (Å²) in [6.07, 6.45) is 3.12. The van der Waals surface area contributed by atoms with Crippen molar-refractivity contribution < 1.29 is 14.6 Å². The highest BCUT2D eigenvalue weighted by atomic mass is 32.1. The number of nitrogens with zero attached hydrogens (tertiary/aromatic N) is 2. The fraction of sp³-hybridized carbons (Fsp3) is 0.286.